The first kappa shape index (κ1) is 18.1. The normalized spacial score (nSPS) is 12.0. The molecule has 0 unspecified atom stereocenters. The molecule has 5 nitrogen and oxygen atoms in total. The third kappa shape index (κ3) is 5.14. The highest BCUT2D eigenvalue weighted by atomic mass is 32.2. The van der Waals surface area contributed by atoms with Crippen molar-refractivity contribution in [1.29, 1.82) is 0 Å². The molecule has 0 atom stereocenters. The van der Waals surface area contributed by atoms with Gasteiger partial charge in [0.1, 0.15) is 11.5 Å². The lowest BCUT2D eigenvalue weighted by Gasteiger charge is -2.10. The van der Waals surface area contributed by atoms with E-state index in [1.807, 2.05) is 0 Å². The Morgan fingerprint density at radius 1 is 0.958 bits per heavy atom. The fourth-order valence-electron chi connectivity index (χ4n) is 1.83. The molecule has 0 aliphatic heterocycles. The number of nitrogens with one attached hydrogen (secondary N) is 1. The summed E-state index contributed by atoms with van der Waals surface area (Å²) < 4.78 is 71.5. The second-order valence-electron chi connectivity index (χ2n) is 4.69. The quantitative estimate of drug-likeness (QED) is 0.859. The molecule has 0 saturated heterocycles. The van der Waals surface area contributed by atoms with Crippen LogP contribution in [0.3, 0.4) is 0 Å². The average molecular weight is 361 g/mol. The van der Waals surface area contributed by atoms with E-state index in [1.54, 1.807) is 24.3 Å². The van der Waals surface area contributed by atoms with E-state index in [2.05, 4.69) is 9.46 Å². The van der Waals surface area contributed by atoms with Crippen LogP contribution in [0.2, 0.25) is 0 Å². The van der Waals surface area contributed by atoms with Crippen molar-refractivity contribution in [3.8, 4) is 11.5 Å². The third-order valence-corrected chi connectivity index (χ3v) is 4.41. The van der Waals surface area contributed by atoms with Gasteiger partial charge in [0.05, 0.1) is 12.0 Å². The van der Waals surface area contributed by atoms with Crippen LogP contribution in [0, 0.1) is 0 Å². The second kappa shape index (κ2) is 7.10. The molecule has 0 aliphatic rings. The summed E-state index contributed by atoms with van der Waals surface area (Å²) in [5.41, 5.74) is 0.705. The number of rotatable bonds is 6. The van der Waals surface area contributed by atoms with Crippen LogP contribution in [0.4, 0.5) is 13.2 Å². The lowest BCUT2D eigenvalue weighted by Crippen LogP contribution is -2.23. The molecule has 2 aromatic carbocycles. The molecule has 0 fully saturated rings. The van der Waals surface area contributed by atoms with E-state index in [-0.39, 0.29) is 11.4 Å². The molecule has 1 N–H and O–H groups in total. The van der Waals surface area contributed by atoms with Gasteiger partial charge in [-0.05, 0) is 42.0 Å². The maximum atomic E-state index is 12.1. The number of hydrogen-bond acceptors (Lipinski definition) is 4. The first-order chi connectivity index (χ1) is 11.2. The fraction of sp³-hybridized carbons (Fsp3) is 0.200. The lowest BCUT2D eigenvalue weighted by molar-refractivity contribution is -0.274. The molecule has 9 heteroatoms. The molecule has 2 rings (SSSR count). The Balaban J connectivity index is 2.03. The van der Waals surface area contributed by atoms with Gasteiger partial charge in [-0.1, -0.05) is 12.1 Å². The van der Waals surface area contributed by atoms with Crippen LogP contribution in [0.1, 0.15) is 5.56 Å². The molecule has 0 heterocycles. The summed E-state index contributed by atoms with van der Waals surface area (Å²) >= 11 is 0. The Hall–Kier alpha value is -2.26. The predicted octanol–water partition coefficient (Wildman–Crippen LogP) is 3.07. The largest absolute Gasteiger partial charge is 0.573 e. The Morgan fingerprint density at radius 2 is 1.50 bits per heavy atom. The Kier molecular flexibility index (Phi) is 5.35. The molecular weight excluding hydrogens is 347 g/mol. The van der Waals surface area contributed by atoms with Gasteiger partial charge in [0, 0.05) is 6.54 Å². The monoisotopic (exact) mass is 361 g/mol. The minimum Gasteiger partial charge on any atom is -0.497 e. The van der Waals surface area contributed by atoms with Crippen LogP contribution < -0.4 is 14.2 Å². The highest BCUT2D eigenvalue weighted by Crippen LogP contribution is 2.24. The van der Waals surface area contributed by atoms with E-state index in [9.17, 15) is 21.6 Å². The molecule has 0 saturated carbocycles. The van der Waals surface area contributed by atoms with Crippen molar-refractivity contribution in [2.75, 3.05) is 7.11 Å². The topological polar surface area (TPSA) is 64.6 Å². The van der Waals surface area contributed by atoms with Crippen LogP contribution in [0.5, 0.6) is 11.5 Å². The van der Waals surface area contributed by atoms with E-state index in [0.29, 0.717) is 11.3 Å². The van der Waals surface area contributed by atoms with Crippen molar-refractivity contribution >= 4 is 10.0 Å². The number of halogens is 3. The van der Waals surface area contributed by atoms with Gasteiger partial charge >= 0.3 is 6.36 Å². The maximum Gasteiger partial charge on any atom is 0.573 e. The molecule has 24 heavy (non-hydrogen) atoms. The maximum absolute atomic E-state index is 12.1. The Bertz CT molecular complexity index is 772. The summed E-state index contributed by atoms with van der Waals surface area (Å²) in [6, 6.07) is 10.7. The molecule has 130 valence electrons. The molecule has 0 aliphatic carbocycles. The molecule has 0 radical (unpaired) electrons. The smallest absolute Gasteiger partial charge is 0.497 e. The van der Waals surface area contributed by atoms with Crippen molar-refractivity contribution in [3.05, 3.63) is 54.1 Å². The van der Waals surface area contributed by atoms with Crippen LogP contribution in [0.15, 0.2) is 53.4 Å². The van der Waals surface area contributed by atoms with Gasteiger partial charge in [0.2, 0.25) is 10.0 Å². The zero-order valence-corrected chi connectivity index (χ0v) is 13.3. The standard InChI is InChI=1S/C15H14F3NO4S/c1-22-12-4-2-11(3-5-12)10-19-24(20,21)14-8-6-13(7-9-14)23-15(16,17)18/h2-9,19H,10H2,1H3. The summed E-state index contributed by atoms with van der Waals surface area (Å²) in [6.45, 7) is 0.0349. The van der Waals surface area contributed by atoms with E-state index in [0.717, 1.165) is 24.3 Å². The van der Waals surface area contributed by atoms with E-state index < -0.39 is 22.1 Å². The van der Waals surface area contributed by atoms with E-state index in [4.69, 9.17) is 4.74 Å². The van der Waals surface area contributed by atoms with Gasteiger partial charge in [0.25, 0.3) is 0 Å². The van der Waals surface area contributed by atoms with E-state index >= 15 is 0 Å². The number of alkyl halides is 3. The highest BCUT2D eigenvalue weighted by Gasteiger charge is 2.31. The number of methoxy groups -OCH3 is 1. The van der Waals surface area contributed by atoms with Crippen molar-refractivity contribution in [3.63, 3.8) is 0 Å². The van der Waals surface area contributed by atoms with Gasteiger partial charge in [-0.2, -0.15) is 0 Å². The number of hydrogen-bond donors (Lipinski definition) is 1. The van der Waals surface area contributed by atoms with Gasteiger partial charge in [-0.3, -0.25) is 0 Å². The molecule has 0 aromatic heterocycles. The average Bonchev–Trinajstić information content (AvgIpc) is 2.52. The summed E-state index contributed by atoms with van der Waals surface area (Å²) in [7, 11) is -2.33. The van der Waals surface area contributed by atoms with Gasteiger partial charge in [-0.25, -0.2) is 13.1 Å². The number of benzene rings is 2. The summed E-state index contributed by atoms with van der Waals surface area (Å²) in [5.74, 6) is 0.151. The molecule has 0 bridgehead atoms. The zero-order chi connectivity index (χ0) is 17.8. The van der Waals surface area contributed by atoms with Crippen LogP contribution in [0.25, 0.3) is 0 Å². The molecule has 2 aromatic rings. The zero-order valence-electron chi connectivity index (χ0n) is 12.5. The van der Waals surface area contributed by atoms with Crippen LogP contribution in [-0.2, 0) is 16.6 Å². The van der Waals surface area contributed by atoms with Crippen LogP contribution in [-0.4, -0.2) is 21.9 Å². The molecular formula is C15H14F3NO4S. The molecule has 0 amide bonds. The van der Waals surface area contributed by atoms with Gasteiger partial charge in [-0.15, -0.1) is 13.2 Å². The number of ether oxygens (including phenoxy) is 2. The van der Waals surface area contributed by atoms with E-state index in [1.165, 1.54) is 7.11 Å². The minimum atomic E-state index is -4.83. The summed E-state index contributed by atoms with van der Waals surface area (Å²) in [6.07, 6.45) is -4.83. The van der Waals surface area contributed by atoms with Gasteiger partial charge in [0.15, 0.2) is 0 Å². The fourth-order valence-corrected chi connectivity index (χ4v) is 2.84. The first-order valence-electron chi connectivity index (χ1n) is 6.68. The Labute approximate surface area is 137 Å². The SMILES string of the molecule is COc1ccc(CNS(=O)(=O)c2ccc(OC(F)(F)F)cc2)cc1. The van der Waals surface area contributed by atoms with Crippen molar-refractivity contribution < 1.29 is 31.1 Å². The number of sulfonamides is 1. The predicted molar refractivity (Wildman–Crippen MR) is 80.1 cm³/mol. The highest BCUT2D eigenvalue weighted by molar-refractivity contribution is 7.89. The summed E-state index contributed by atoms with van der Waals surface area (Å²) in [5, 5.41) is 0. The first-order valence-corrected chi connectivity index (χ1v) is 8.16. The van der Waals surface area contributed by atoms with Gasteiger partial charge < -0.3 is 9.47 Å². The van der Waals surface area contributed by atoms with Crippen molar-refractivity contribution in [1.82, 2.24) is 4.72 Å². The third-order valence-electron chi connectivity index (χ3n) is 2.99. The second-order valence-corrected chi connectivity index (χ2v) is 6.46. The van der Waals surface area contributed by atoms with Crippen LogP contribution >= 0.6 is 0 Å². The van der Waals surface area contributed by atoms with Crippen molar-refractivity contribution in [2.24, 2.45) is 0 Å². The summed E-state index contributed by atoms with van der Waals surface area (Å²) in [4.78, 5) is -0.162. The van der Waals surface area contributed by atoms with Crippen molar-refractivity contribution in [2.45, 2.75) is 17.8 Å². The Morgan fingerprint density at radius 3 is 2.00 bits per heavy atom. The molecule has 0 spiro atoms. The lowest BCUT2D eigenvalue weighted by atomic mass is 10.2. The minimum absolute atomic E-state index is 0.0349.